The van der Waals surface area contributed by atoms with Crippen molar-refractivity contribution in [3.8, 4) is 11.5 Å². The van der Waals surface area contributed by atoms with E-state index >= 15 is 0 Å². The molecule has 1 atom stereocenters. The zero-order chi connectivity index (χ0) is 26.8. The summed E-state index contributed by atoms with van der Waals surface area (Å²) in [6, 6.07) is 16.3. The number of amides is 3. The Morgan fingerprint density at radius 2 is 1.84 bits per heavy atom. The lowest BCUT2D eigenvalue weighted by molar-refractivity contribution is -0.133. The molecule has 0 aliphatic rings. The van der Waals surface area contributed by atoms with Gasteiger partial charge >= 0.3 is 6.03 Å². The highest BCUT2D eigenvalue weighted by Crippen LogP contribution is 2.28. The number of anilines is 1. The smallest absolute Gasteiger partial charge is 0.322 e. The van der Waals surface area contributed by atoms with Gasteiger partial charge in [0.05, 0.1) is 27.0 Å². The molecule has 0 aliphatic heterocycles. The van der Waals surface area contributed by atoms with Crippen LogP contribution in [0.4, 0.5) is 10.5 Å². The van der Waals surface area contributed by atoms with E-state index in [-0.39, 0.29) is 24.5 Å². The normalized spacial score (nSPS) is 11.5. The summed E-state index contributed by atoms with van der Waals surface area (Å²) in [6.07, 6.45) is 2.90. The Kier molecular flexibility index (Phi) is 10.4. The molecule has 2 aromatic carbocycles. The van der Waals surface area contributed by atoms with Gasteiger partial charge in [-0.05, 0) is 67.8 Å². The second kappa shape index (κ2) is 13.7. The van der Waals surface area contributed by atoms with Crippen LogP contribution in [-0.2, 0) is 17.8 Å². The fraction of sp³-hybridized carbons (Fsp3) is 0.357. The molecule has 9 heteroatoms. The first kappa shape index (κ1) is 28.1. The van der Waals surface area contributed by atoms with Gasteiger partial charge in [-0.1, -0.05) is 35.0 Å². The van der Waals surface area contributed by atoms with Crippen LogP contribution in [-0.4, -0.2) is 55.1 Å². The number of rotatable bonds is 12. The lowest BCUT2D eigenvalue weighted by atomic mass is 10.1. The van der Waals surface area contributed by atoms with E-state index in [1.807, 2.05) is 62.4 Å². The first-order valence-electron chi connectivity index (χ1n) is 12.2. The van der Waals surface area contributed by atoms with Crippen molar-refractivity contribution < 1.29 is 23.5 Å². The van der Waals surface area contributed by atoms with E-state index in [1.54, 1.807) is 36.3 Å². The maximum Gasteiger partial charge on any atom is 0.322 e. The molecule has 0 saturated carbocycles. The van der Waals surface area contributed by atoms with E-state index in [2.05, 4.69) is 21.2 Å². The second-order valence-electron chi connectivity index (χ2n) is 8.66. The number of halogens is 1. The molecule has 0 saturated heterocycles. The summed E-state index contributed by atoms with van der Waals surface area (Å²) in [5.74, 6) is 1.79. The van der Waals surface area contributed by atoms with Crippen LogP contribution in [0, 0.1) is 0 Å². The predicted molar refractivity (Wildman–Crippen MR) is 147 cm³/mol. The van der Waals surface area contributed by atoms with Crippen LogP contribution in [0.5, 0.6) is 11.5 Å². The van der Waals surface area contributed by atoms with E-state index in [9.17, 15) is 9.59 Å². The first-order chi connectivity index (χ1) is 17.8. The lowest BCUT2D eigenvalue weighted by Gasteiger charge is -2.31. The summed E-state index contributed by atoms with van der Waals surface area (Å²) < 4.78 is 17.1. The standard InChI is InChI=1S/C28H34BrN3O5/c1-5-20(2)32(28(34)30-23-9-6-8-22(29)17-23)19-27(33)31(18-24-10-7-15-37-24)14-13-21-11-12-25(35-3)26(16-21)36-4/h6-12,15-17,20H,5,13-14,18-19H2,1-4H3,(H,30,34). The highest BCUT2D eigenvalue weighted by molar-refractivity contribution is 9.10. The van der Waals surface area contributed by atoms with Gasteiger partial charge in [-0.25, -0.2) is 4.79 Å². The summed E-state index contributed by atoms with van der Waals surface area (Å²) in [5, 5.41) is 2.91. The number of carbonyl (C=O) groups excluding carboxylic acids is 2. The van der Waals surface area contributed by atoms with Gasteiger partial charge in [-0.3, -0.25) is 4.79 Å². The molecule has 1 unspecified atom stereocenters. The molecule has 198 valence electrons. The number of nitrogens with one attached hydrogen (secondary N) is 1. The van der Waals surface area contributed by atoms with Crippen LogP contribution in [0.1, 0.15) is 31.6 Å². The molecule has 3 aromatic rings. The molecule has 0 aliphatic carbocycles. The maximum atomic E-state index is 13.6. The summed E-state index contributed by atoms with van der Waals surface area (Å²) in [4.78, 5) is 30.1. The van der Waals surface area contributed by atoms with Crippen molar-refractivity contribution in [2.24, 2.45) is 0 Å². The van der Waals surface area contributed by atoms with Crippen LogP contribution >= 0.6 is 15.9 Å². The molecule has 3 amide bonds. The lowest BCUT2D eigenvalue weighted by Crippen LogP contribution is -2.48. The molecule has 0 fully saturated rings. The van der Waals surface area contributed by atoms with Gasteiger partial charge in [-0.2, -0.15) is 0 Å². The second-order valence-corrected chi connectivity index (χ2v) is 9.58. The van der Waals surface area contributed by atoms with Crippen molar-refractivity contribution in [2.45, 2.75) is 39.3 Å². The van der Waals surface area contributed by atoms with Gasteiger partial charge in [0.1, 0.15) is 12.3 Å². The van der Waals surface area contributed by atoms with Crippen LogP contribution in [0.25, 0.3) is 0 Å². The molecular weight excluding hydrogens is 538 g/mol. The number of methoxy groups -OCH3 is 2. The van der Waals surface area contributed by atoms with Crippen molar-refractivity contribution in [2.75, 3.05) is 32.6 Å². The summed E-state index contributed by atoms with van der Waals surface area (Å²) in [7, 11) is 3.19. The average molecular weight is 573 g/mol. The zero-order valence-electron chi connectivity index (χ0n) is 21.7. The Bertz CT molecular complexity index is 1170. The van der Waals surface area contributed by atoms with Gasteiger partial charge in [0.15, 0.2) is 11.5 Å². The minimum Gasteiger partial charge on any atom is -0.493 e. The highest BCUT2D eigenvalue weighted by atomic mass is 79.9. The quantitative estimate of drug-likeness (QED) is 0.290. The monoisotopic (exact) mass is 571 g/mol. The molecule has 1 heterocycles. The van der Waals surface area contributed by atoms with Gasteiger partial charge in [-0.15, -0.1) is 0 Å². The molecule has 37 heavy (non-hydrogen) atoms. The number of benzene rings is 2. The SMILES string of the molecule is CCC(C)N(CC(=O)N(CCc1ccc(OC)c(OC)c1)Cc1ccco1)C(=O)Nc1cccc(Br)c1. The number of ether oxygens (including phenoxy) is 2. The number of nitrogens with zero attached hydrogens (tertiary/aromatic N) is 2. The van der Waals surface area contributed by atoms with Crippen molar-refractivity contribution in [1.82, 2.24) is 9.80 Å². The highest BCUT2D eigenvalue weighted by Gasteiger charge is 2.25. The Hall–Kier alpha value is -3.46. The van der Waals surface area contributed by atoms with Crippen molar-refractivity contribution in [3.05, 3.63) is 76.7 Å². The topological polar surface area (TPSA) is 84.2 Å². The minimum atomic E-state index is -0.321. The largest absolute Gasteiger partial charge is 0.493 e. The third-order valence-electron chi connectivity index (χ3n) is 6.16. The number of urea groups is 1. The molecule has 3 rings (SSSR count). The molecule has 0 radical (unpaired) electrons. The minimum absolute atomic E-state index is 0.0541. The van der Waals surface area contributed by atoms with Gasteiger partial charge in [0, 0.05) is 22.7 Å². The predicted octanol–water partition coefficient (Wildman–Crippen LogP) is 5.96. The van der Waals surface area contributed by atoms with E-state index in [4.69, 9.17) is 13.9 Å². The Morgan fingerprint density at radius 1 is 1.05 bits per heavy atom. The van der Waals surface area contributed by atoms with E-state index in [0.717, 1.165) is 10.0 Å². The fourth-order valence-electron chi connectivity index (χ4n) is 3.84. The third-order valence-corrected chi connectivity index (χ3v) is 6.66. The molecule has 0 spiro atoms. The van der Waals surface area contributed by atoms with E-state index in [1.165, 1.54) is 0 Å². The van der Waals surface area contributed by atoms with Gasteiger partial charge < -0.3 is 29.0 Å². The molecule has 8 nitrogen and oxygen atoms in total. The maximum absolute atomic E-state index is 13.6. The number of carbonyl (C=O) groups is 2. The molecule has 1 aromatic heterocycles. The molecule has 0 bridgehead atoms. The molecule has 1 N–H and O–H groups in total. The van der Waals surface area contributed by atoms with Gasteiger partial charge in [0.25, 0.3) is 0 Å². The van der Waals surface area contributed by atoms with Crippen molar-refractivity contribution >= 4 is 33.6 Å². The average Bonchev–Trinajstić information content (AvgIpc) is 3.42. The van der Waals surface area contributed by atoms with Gasteiger partial charge in [0.2, 0.25) is 5.91 Å². The summed E-state index contributed by atoms with van der Waals surface area (Å²) in [5.41, 5.74) is 1.65. The number of hydrogen-bond donors (Lipinski definition) is 1. The van der Waals surface area contributed by atoms with E-state index in [0.29, 0.717) is 48.9 Å². The van der Waals surface area contributed by atoms with Crippen molar-refractivity contribution in [3.63, 3.8) is 0 Å². The zero-order valence-corrected chi connectivity index (χ0v) is 23.3. The first-order valence-corrected chi connectivity index (χ1v) is 13.0. The summed E-state index contributed by atoms with van der Waals surface area (Å²) in [6.45, 7) is 4.62. The van der Waals surface area contributed by atoms with Crippen LogP contribution in [0.2, 0.25) is 0 Å². The Labute approximate surface area is 226 Å². The Balaban J connectivity index is 1.76. The van der Waals surface area contributed by atoms with Crippen LogP contribution in [0.3, 0.4) is 0 Å². The number of furan rings is 1. The van der Waals surface area contributed by atoms with Crippen LogP contribution < -0.4 is 14.8 Å². The molecular formula is C28H34BrN3O5. The van der Waals surface area contributed by atoms with Crippen molar-refractivity contribution in [1.29, 1.82) is 0 Å². The Morgan fingerprint density at radius 3 is 2.49 bits per heavy atom. The van der Waals surface area contributed by atoms with E-state index < -0.39 is 0 Å². The third kappa shape index (κ3) is 8.01. The van der Waals surface area contributed by atoms with Crippen LogP contribution in [0.15, 0.2) is 69.8 Å². The summed E-state index contributed by atoms with van der Waals surface area (Å²) >= 11 is 3.42. The fourth-order valence-corrected chi connectivity index (χ4v) is 4.24. The number of hydrogen-bond acceptors (Lipinski definition) is 5.